The van der Waals surface area contributed by atoms with Crippen molar-refractivity contribution in [3.8, 4) is 5.75 Å². The number of nitrogens with two attached hydrogens (primary N) is 1. The van der Waals surface area contributed by atoms with E-state index in [1.54, 1.807) is 0 Å². The van der Waals surface area contributed by atoms with Crippen LogP contribution in [0, 0.1) is 17.5 Å². The number of hydrogen-bond donors (Lipinski definition) is 1. The lowest BCUT2D eigenvalue weighted by Gasteiger charge is -2.20. The summed E-state index contributed by atoms with van der Waals surface area (Å²) < 4.78 is 51.2. The van der Waals surface area contributed by atoms with Crippen molar-refractivity contribution in [2.45, 2.75) is 0 Å². The molecule has 0 aliphatic heterocycles. The van der Waals surface area contributed by atoms with Gasteiger partial charge in [0.2, 0.25) is 0 Å². The fourth-order valence-corrected chi connectivity index (χ4v) is 2.11. The summed E-state index contributed by atoms with van der Waals surface area (Å²) in [6.07, 6.45) is 0. The van der Waals surface area contributed by atoms with E-state index in [9.17, 15) is 18.0 Å². The zero-order valence-electron chi connectivity index (χ0n) is 13.7. The summed E-state index contributed by atoms with van der Waals surface area (Å²) in [7, 11) is 2.78. The van der Waals surface area contributed by atoms with Gasteiger partial charge in [0.25, 0.3) is 5.91 Å². The Morgan fingerprint density at radius 2 is 1.80 bits per heavy atom. The molecule has 0 heterocycles. The zero-order chi connectivity index (χ0) is 18.6. The lowest BCUT2D eigenvalue weighted by atomic mass is 10.1. The third-order valence-electron chi connectivity index (χ3n) is 3.49. The van der Waals surface area contributed by atoms with Crippen LogP contribution < -0.4 is 15.4 Å². The van der Waals surface area contributed by atoms with Crippen LogP contribution in [-0.4, -0.2) is 33.3 Å². The molecule has 2 aromatic rings. The molecule has 8 heteroatoms. The SMILES string of the molecule is COCCOc1ccc(F)c(F)c1C(=O)N(C)c1ccc(F)c(N)c1. The Labute approximate surface area is 142 Å². The van der Waals surface area contributed by atoms with Crippen LogP contribution in [0.4, 0.5) is 24.5 Å². The maximum absolute atomic E-state index is 14.2. The molecule has 0 saturated carbocycles. The number of hydrogen-bond acceptors (Lipinski definition) is 4. The van der Waals surface area contributed by atoms with E-state index in [1.165, 1.54) is 26.3 Å². The summed E-state index contributed by atoms with van der Waals surface area (Å²) in [6, 6.07) is 5.62. The van der Waals surface area contributed by atoms with Gasteiger partial charge in [0.15, 0.2) is 11.6 Å². The van der Waals surface area contributed by atoms with E-state index in [2.05, 4.69) is 0 Å². The molecule has 0 fully saturated rings. The lowest BCUT2D eigenvalue weighted by Crippen LogP contribution is -2.28. The number of methoxy groups -OCH3 is 1. The van der Waals surface area contributed by atoms with Gasteiger partial charge in [-0.25, -0.2) is 13.2 Å². The fourth-order valence-electron chi connectivity index (χ4n) is 2.11. The summed E-state index contributed by atoms with van der Waals surface area (Å²) in [5.74, 6) is -4.15. The second-order valence-electron chi connectivity index (χ2n) is 5.15. The van der Waals surface area contributed by atoms with Gasteiger partial charge in [-0.2, -0.15) is 0 Å². The summed E-state index contributed by atoms with van der Waals surface area (Å²) in [4.78, 5) is 13.7. The minimum absolute atomic E-state index is 0.0507. The molecule has 0 atom stereocenters. The van der Waals surface area contributed by atoms with Crippen molar-refractivity contribution in [1.29, 1.82) is 0 Å². The summed E-state index contributed by atoms with van der Waals surface area (Å²) >= 11 is 0. The Morgan fingerprint density at radius 3 is 2.44 bits per heavy atom. The summed E-state index contributed by atoms with van der Waals surface area (Å²) in [6.45, 7) is 0.256. The molecule has 0 saturated heterocycles. The Balaban J connectivity index is 2.39. The van der Waals surface area contributed by atoms with Crippen LogP contribution in [0.3, 0.4) is 0 Å². The van der Waals surface area contributed by atoms with Crippen molar-refractivity contribution >= 4 is 17.3 Å². The van der Waals surface area contributed by atoms with E-state index in [-0.39, 0.29) is 30.3 Å². The van der Waals surface area contributed by atoms with E-state index < -0.39 is 28.9 Å². The Kier molecular flexibility index (Phi) is 5.87. The van der Waals surface area contributed by atoms with Crippen LogP contribution >= 0.6 is 0 Å². The van der Waals surface area contributed by atoms with Crippen molar-refractivity contribution in [1.82, 2.24) is 0 Å². The van der Waals surface area contributed by atoms with Crippen molar-refractivity contribution < 1.29 is 27.4 Å². The van der Waals surface area contributed by atoms with E-state index in [4.69, 9.17) is 15.2 Å². The molecule has 5 nitrogen and oxygen atoms in total. The minimum Gasteiger partial charge on any atom is -0.490 e. The third kappa shape index (κ3) is 4.03. The van der Waals surface area contributed by atoms with Gasteiger partial charge in [-0.05, 0) is 30.3 Å². The number of nitrogens with zero attached hydrogens (tertiary/aromatic N) is 1. The average molecular weight is 354 g/mol. The quantitative estimate of drug-likeness (QED) is 0.640. The molecule has 1 amide bonds. The molecule has 2 N–H and O–H groups in total. The first-order valence-corrected chi connectivity index (χ1v) is 7.29. The monoisotopic (exact) mass is 354 g/mol. The largest absolute Gasteiger partial charge is 0.490 e. The van der Waals surface area contributed by atoms with E-state index >= 15 is 0 Å². The van der Waals surface area contributed by atoms with Crippen molar-refractivity contribution in [3.63, 3.8) is 0 Å². The summed E-state index contributed by atoms with van der Waals surface area (Å²) in [5, 5.41) is 0. The second-order valence-corrected chi connectivity index (χ2v) is 5.15. The van der Waals surface area contributed by atoms with Crippen LogP contribution in [0.15, 0.2) is 30.3 Å². The number of ether oxygens (including phenoxy) is 2. The number of carbonyl (C=O) groups is 1. The highest BCUT2D eigenvalue weighted by atomic mass is 19.2. The predicted octanol–water partition coefficient (Wildman–Crippen LogP) is 2.99. The number of halogens is 3. The third-order valence-corrected chi connectivity index (χ3v) is 3.49. The van der Waals surface area contributed by atoms with Gasteiger partial charge in [0, 0.05) is 19.8 Å². The van der Waals surface area contributed by atoms with Crippen LogP contribution in [0.5, 0.6) is 5.75 Å². The Hall–Kier alpha value is -2.74. The molecule has 0 bridgehead atoms. The molecule has 134 valence electrons. The number of carbonyl (C=O) groups excluding carboxylic acids is 1. The van der Waals surface area contributed by atoms with Crippen LogP contribution in [0.25, 0.3) is 0 Å². The van der Waals surface area contributed by atoms with E-state index in [1.807, 2.05) is 0 Å². The molecule has 0 radical (unpaired) electrons. The number of anilines is 2. The van der Waals surface area contributed by atoms with Gasteiger partial charge in [-0.1, -0.05) is 0 Å². The van der Waals surface area contributed by atoms with Crippen LogP contribution in [0.1, 0.15) is 10.4 Å². The fraction of sp³-hybridized carbons (Fsp3) is 0.235. The Morgan fingerprint density at radius 1 is 1.12 bits per heavy atom. The number of nitrogen functional groups attached to an aromatic ring is 1. The molecule has 0 aromatic heterocycles. The lowest BCUT2D eigenvalue weighted by molar-refractivity contribution is 0.0979. The molecule has 0 aliphatic rings. The molecule has 0 aliphatic carbocycles. The number of rotatable bonds is 6. The molecule has 2 aromatic carbocycles. The van der Waals surface area contributed by atoms with E-state index in [0.717, 1.165) is 23.1 Å². The Bertz CT molecular complexity index is 784. The van der Waals surface area contributed by atoms with E-state index in [0.29, 0.717) is 0 Å². The zero-order valence-corrected chi connectivity index (χ0v) is 13.7. The molecular formula is C17H17F3N2O3. The topological polar surface area (TPSA) is 64.8 Å². The maximum Gasteiger partial charge on any atom is 0.264 e. The van der Waals surface area contributed by atoms with Gasteiger partial charge >= 0.3 is 0 Å². The van der Waals surface area contributed by atoms with Crippen molar-refractivity contribution in [2.24, 2.45) is 0 Å². The highest BCUT2D eigenvalue weighted by molar-refractivity contribution is 6.08. The normalized spacial score (nSPS) is 10.6. The number of amides is 1. The van der Waals surface area contributed by atoms with Gasteiger partial charge in [0.05, 0.1) is 12.3 Å². The van der Waals surface area contributed by atoms with Crippen molar-refractivity contribution in [2.75, 3.05) is 38.0 Å². The average Bonchev–Trinajstić information content (AvgIpc) is 2.59. The first-order valence-electron chi connectivity index (χ1n) is 7.29. The highest BCUT2D eigenvalue weighted by Gasteiger charge is 2.25. The number of benzene rings is 2. The smallest absolute Gasteiger partial charge is 0.264 e. The van der Waals surface area contributed by atoms with Gasteiger partial charge in [0.1, 0.15) is 23.7 Å². The minimum atomic E-state index is -1.33. The highest BCUT2D eigenvalue weighted by Crippen LogP contribution is 2.28. The molecule has 25 heavy (non-hydrogen) atoms. The van der Waals surface area contributed by atoms with Gasteiger partial charge in [-0.15, -0.1) is 0 Å². The molecule has 2 rings (SSSR count). The summed E-state index contributed by atoms with van der Waals surface area (Å²) in [5.41, 5.74) is 4.95. The first kappa shape index (κ1) is 18.6. The van der Waals surface area contributed by atoms with Crippen molar-refractivity contribution in [3.05, 3.63) is 53.3 Å². The first-order chi connectivity index (χ1) is 11.9. The molecular weight excluding hydrogens is 337 g/mol. The van der Waals surface area contributed by atoms with Gasteiger partial charge < -0.3 is 20.1 Å². The van der Waals surface area contributed by atoms with Gasteiger partial charge in [-0.3, -0.25) is 4.79 Å². The molecule has 0 unspecified atom stereocenters. The predicted molar refractivity (Wildman–Crippen MR) is 87.3 cm³/mol. The van der Waals surface area contributed by atoms with Crippen LogP contribution in [-0.2, 0) is 4.74 Å². The standard InChI is InChI=1S/C17H17F3N2O3/c1-22(10-3-4-11(18)13(21)9-10)17(23)15-14(25-8-7-24-2)6-5-12(19)16(15)20/h3-6,9H,7-8,21H2,1-2H3. The second kappa shape index (κ2) is 7.89. The molecule has 0 spiro atoms. The maximum atomic E-state index is 14.2. The van der Waals surface area contributed by atoms with Crippen LogP contribution in [0.2, 0.25) is 0 Å².